The van der Waals surface area contributed by atoms with Gasteiger partial charge in [0, 0.05) is 6.04 Å². The Morgan fingerprint density at radius 2 is 2.13 bits per heavy atom. The maximum Gasteiger partial charge on any atom is 0.189 e. The molecule has 1 aliphatic heterocycles. The third-order valence-corrected chi connectivity index (χ3v) is 4.23. The summed E-state index contributed by atoms with van der Waals surface area (Å²) >= 11 is 0. The summed E-state index contributed by atoms with van der Waals surface area (Å²) in [5, 5.41) is 2.99. The highest BCUT2D eigenvalue weighted by molar-refractivity contribution is 7.91. The van der Waals surface area contributed by atoms with Gasteiger partial charge in [0.15, 0.2) is 15.8 Å². The highest BCUT2D eigenvalue weighted by atomic mass is 32.2. The second-order valence-corrected chi connectivity index (χ2v) is 6.82. The highest BCUT2D eigenvalue weighted by Crippen LogP contribution is 2.22. The topological polar surface area (TPSA) is 84.5 Å². The normalized spacial score (nSPS) is 30.8. The Kier molecular flexibility index (Phi) is 3.28. The fraction of sp³-hybridized carbons (Fsp3) is 0.889. The number of aliphatic imine (C=N–C) groups is 1. The zero-order chi connectivity index (χ0) is 11.7. The Labute approximate surface area is 91.1 Å². The third-order valence-electron chi connectivity index (χ3n) is 2.33. The summed E-state index contributed by atoms with van der Waals surface area (Å²) in [5.41, 5.74) is 5.22. The molecule has 1 fully saturated rings. The van der Waals surface area contributed by atoms with Gasteiger partial charge in [0.05, 0.1) is 17.0 Å². The van der Waals surface area contributed by atoms with Crippen molar-refractivity contribution in [1.29, 1.82) is 0 Å². The number of nitrogens with one attached hydrogen (secondary N) is 1. The summed E-state index contributed by atoms with van der Waals surface area (Å²) in [7, 11) is -2.90. The van der Waals surface area contributed by atoms with E-state index in [1.54, 1.807) is 0 Å². The van der Waals surface area contributed by atoms with Crippen molar-refractivity contribution in [2.45, 2.75) is 38.8 Å². The number of sulfone groups is 1. The van der Waals surface area contributed by atoms with Crippen LogP contribution in [0.15, 0.2) is 4.99 Å². The Morgan fingerprint density at radius 1 is 1.53 bits per heavy atom. The van der Waals surface area contributed by atoms with E-state index in [2.05, 4.69) is 10.3 Å². The van der Waals surface area contributed by atoms with Gasteiger partial charge in [-0.1, -0.05) is 0 Å². The summed E-state index contributed by atoms with van der Waals surface area (Å²) in [6.45, 7) is 5.70. The van der Waals surface area contributed by atoms with Gasteiger partial charge in [-0.2, -0.15) is 0 Å². The molecule has 0 amide bonds. The lowest BCUT2D eigenvalue weighted by molar-refractivity contribution is 0.468. The molecule has 0 saturated carbocycles. The van der Waals surface area contributed by atoms with Crippen LogP contribution < -0.4 is 11.1 Å². The van der Waals surface area contributed by atoms with Crippen LogP contribution in [0.4, 0.5) is 0 Å². The molecule has 0 aromatic heterocycles. The molecule has 1 unspecified atom stereocenters. The lowest BCUT2D eigenvalue weighted by atomic mass is 10.0. The lowest BCUT2D eigenvalue weighted by Gasteiger charge is -2.24. The minimum Gasteiger partial charge on any atom is -0.370 e. The van der Waals surface area contributed by atoms with Gasteiger partial charge in [0.1, 0.15) is 0 Å². The zero-order valence-electron chi connectivity index (χ0n) is 9.45. The quantitative estimate of drug-likeness (QED) is 0.514. The number of nitrogens with two attached hydrogens (primary N) is 1. The first-order chi connectivity index (χ1) is 6.72. The molecule has 5 nitrogen and oxygen atoms in total. The van der Waals surface area contributed by atoms with Crippen LogP contribution >= 0.6 is 0 Å². The molecular weight excluding hydrogens is 214 g/mol. The van der Waals surface area contributed by atoms with Crippen molar-refractivity contribution in [1.82, 2.24) is 5.32 Å². The van der Waals surface area contributed by atoms with E-state index in [-0.39, 0.29) is 17.5 Å². The summed E-state index contributed by atoms with van der Waals surface area (Å²) in [6.07, 6.45) is 0.587. The molecule has 0 aliphatic carbocycles. The monoisotopic (exact) mass is 233 g/mol. The van der Waals surface area contributed by atoms with Crippen LogP contribution in [-0.4, -0.2) is 37.5 Å². The molecule has 1 saturated heterocycles. The Balaban J connectivity index is 2.67. The van der Waals surface area contributed by atoms with E-state index < -0.39 is 15.4 Å². The van der Waals surface area contributed by atoms with Crippen LogP contribution in [0.3, 0.4) is 0 Å². The smallest absolute Gasteiger partial charge is 0.189 e. The van der Waals surface area contributed by atoms with Crippen molar-refractivity contribution in [3.8, 4) is 0 Å². The second-order valence-electron chi connectivity index (χ2n) is 4.64. The van der Waals surface area contributed by atoms with E-state index in [9.17, 15) is 8.42 Å². The fourth-order valence-corrected chi connectivity index (χ4v) is 3.82. The predicted molar refractivity (Wildman–Crippen MR) is 61.6 cm³/mol. The van der Waals surface area contributed by atoms with Gasteiger partial charge in [-0.3, -0.25) is 4.99 Å². The average molecular weight is 233 g/mol. The van der Waals surface area contributed by atoms with Gasteiger partial charge < -0.3 is 11.1 Å². The van der Waals surface area contributed by atoms with Crippen LogP contribution in [-0.2, 0) is 9.84 Å². The molecule has 1 atom stereocenters. The van der Waals surface area contributed by atoms with Crippen molar-refractivity contribution < 1.29 is 8.42 Å². The SMILES string of the molecule is CC(C)N=C(N)NC1(C)CCS(=O)(=O)C1. The molecule has 3 N–H and O–H groups in total. The Hall–Kier alpha value is -0.780. The van der Waals surface area contributed by atoms with E-state index >= 15 is 0 Å². The first-order valence-corrected chi connectivity index (χ1v) is 6.86. The van der Waals surface area contributed by atoms with Crippen LogP contribution in [0, 0.1) is 0 Å². The van der Waals surface area contributed by atoms with Gasteiger partial charge >= 0.3 is 0 Å². The van der Waals surface area contributed by atoms with Crippen LogP contribution in [0.1, 0.15) is 27.2 Å². The number of guanidine groups is 1. The van der Waals surface area contributed by atoms with Crippen LogP contribution in [0.25, 0.3) is 0 Å². The minimum absolute atomic E-state index is 0.110. The van der Waals surface area contributed by atoms with Gasteiger partial charge in [-0.15, -0.1) is 0 Å². The number of hydrogen-bond donors (Lipinski definition) is 2. The van der Waals surface area contributed by atoms with Crippen LogP contribution in [0.5, 0.6) is 0 Å². The summed E-state index contributed by atoms with van der Waals surface area (Å²) in [5.74, 6) is 0.685. The number of nitrogens with zero attached hydrogens (tertiary/aromatic N) is 1. The van der Waals surface area contributed by atoms with Crippen LogP contribution in [0.2, 0.25) is 0 Å². The molecule has 88 valence electrons. The highest BCUT2D eigenvalue weighted by Gasteiger charge is 2.38. The van der Waals surface area contributed by atoms with Crippen molar-refractivity contribution >= 4 is 15.8 Å². The molecular formula is C9H19N3O2S. The zero-order valence-corrected chi connectivity index (χ0v) is 10.3. The maximum atomic E-state index is 11.3. The number of rotatable bonds is 2. The minimum atomic E-state index is -2.90. The lowest BCUT2D eigenvalue weighted by Crippen LogP contribution is -2.50. The number of hydrogen-bond acceptors (Lipinski definition) is 3. The molecule has 1 heterocycles. The van der Waals surface area contributed by atoms with E-state index in [4.69, 9.17) is 5.73 Å². The molecule has 1 rings (SSSR count). The van der Waals surface area contributed by atoms with Gasteiger partial charge in [0.2, 0.25) is 0 Å². The second kappa shape index (κ2) is 4.00. The molecule has 1 aliphatic rings. The Bertz CT molecular complexity index is 362. The summed E-state index contributed by atoms with van der Waals surface area (Å²) in [4.78, 5) is 4.12. The first kappa shape index (κ1) is 12.3. The largest absolute Gasteiger partial charge is 0.370 e. The van der Waals surface area contributed by atoms with Gasteiger partial charge in [0.25, 0.3) is 0 Å². The van der Waals surface area contributed by atoms with Gasteiger partial charge in [-0.05, 0) is 27.2 Å². The van der Waals surface area contributed by atoms with Crippen molar-refractivity contribution in [2.75, 3.05) is 11.5 Å². The summed E-state index contributed by atoms with van der Waals surface area (Å²) < 4.78 is 22.7. The molecule has 6 heteroatoms. The fourth-order valence-electron chi connectivity index (χ4n) is 1.73. The molecule has 0 aromatic carbocycles. The van der Waals surface area contributed by atoms with E-state index in [0.29, 0.717) is 12.4 Å². The summed E-state index contributed by atoms with van der Waals surface area (Å²) in [6, 6.07) is 0.110. The Morgan fingerprint density at radius 3 is 2.53 bits per heavy atom. The average Bonchev–Trinajstić information content (AvgIpc) is 2.22. The van der Waals surface area contributed by atoms with E-state index in [1.807, 2.05) is 20.8 Å². The first-order valence-electron chi connectivity index (χ1n) is 5.04. The predicted octanol–water partition coefficient (Wildman–Crippen LogP) is -0.124. The van der Waals surface area contributed by atoms with Crippen molar-refractivity contribution in [3.05, 3.63) is 0 Å². The van der Waals surface area contributed by atoms with E-state index in [0.717, 1.165) is 0 Å². The van der Waals surface area contributed by atoms with Gasteiger partial charge in [-0.25, -0.2) is 8.42 Å². The molecule has 0 aromatic rings. The van der Waals surface area contributed by atoms with Crippen molar-refractivity contribution in [3.63, 3.8) is 0 Å². The molecule has 0 spiro atoms. The molecule has 15 heavy (non-hydrogen) atoms. The maximum absolute atomic E-state index is 11.3. The standard InChI is InChI=1S/C9H19N3O2S/c1-7(2)11-8(10)12-9(3)4-5-15(13,14)6-9/h7H,4-6H2,1-3H3,(H3,10,11,12). The third kappa shape index (κ3) is 3.70. The van der Waals surface area contributed by atoms with E-state index in [1.165, 1.54) is 0 Å². The van der Waals surface area contributed by atoms with Crippen molar-refractivity contribution in [2.24, 2.45) is 10.7 Å². The molecule has 0 radical (unpaired) electrons. The molecule has 0 bridgehead atoms.